The molecular weight excluding hydrogens is 244 g/mol. The monoisotopic (exact) mass is 268 g/mol. The Morgan fingerprint density at radius 1 is 1.47 bits per heavy atom. The van der Waals surface area contributed by atoms with Crippen LogP contribution in [0.25, 0.3) is 0 Å². The number of nitrogens with zero attached hydrogens (tertiary/aromatic N) is 3. The zero-order valence-corrected chi connectivity index (χ0v) is 12.6. The summed E-state index contributed by atoms with van der Waals surface area (Å²) in [6.07, 6.45) is 0. The van der Waals surface area contributed by atoms with E-state index in [0.717, 1.165) is 17.1 Å². The average Bonchev–Trinajstić information content (AvgIpc) is 2.56. The lowest BCUT2D eigenvalue weighted by atomic mass is 10.1. The summed E-state index contributed by atoms with van der Waals surface area (Å²) in [4.78, 5) is 13.9. The normalized spacial score (nSPS) is 12.0. The molecule has 0 aromatic carbocycles. The standard InChI is InChI=1S/C13H24N4O2/c1-9-12(10(2)17(6)15-9)14-11(19)7-16(5)13(3,4)8-18/h18H,7-8H2,1-6H3,(H,14,19). The van der Waals surface area contributed by atoms with Gasteiger partial charge in [0, 0.05) is 12.6 Å². The van der Waals surface area contributed by atoms with E-state index in [-0.39, 0.29) is 19.1 Å². The maximum absolute atomic E-state index is 12.0. The highest BCUT2D eigenvalue weighted by Gasteiger charge is 2.24. The van der Waals surface area contributed by atoms with Crippen molar-refractivity contribution in [3.05, 3.63) is 11.4 Å². The van der Waals surface area contributed by atoms with E-state index in [1.165, 1.54) is 0 Å². The first-order valence-electron chi connectivity index (χ1n) is 6.31. The summed E-state index contributed by atoms with van der Waals surface area (Å²) >= 11 is 0. The number of carbonyl (C=O) groups excluding carboxylic acids is 1. The van der Waals surface area contributed by atoms with Crippen LogP contribution in [0.4, 0.5) is 5.69 Å². The maximum Gasteiger partial charge on any atom is 0.238 e. The van der Waals surface area contributed by atoms with Crippen molar-refractivity contribution < 1.29 is 9.90 Å². The molecule has 0 atom stereocenters. The third kappa shape index (κ3) is 3.54. The molecule has 0 aliphatic carbocycles. The quantitative estimate of drug-likeness (QED) is 0.824. The fourth-order valence-electron chi connectivity index (χ4n) is 1.68. The maximum atomic E-state index is 12.0. The summed E-state index contributed by atoms with van der Waals surface area (Å²) < 4.78 is 1.74. The van der Waals surface area contributed by atoms with Crippen molar-refractivity contribution in [1.29, 1.82) is 0 Å². The van der Waals surface area contributed by atoms with E-state index < -0.39 is 5.54 Å². The van der Waals surface area contributed by atoms with Crippen molar-refractivity contribution in [3.8, 4) is 0 Å². The van der Waals surface area contributed by atoms with Crippen molar-refractivity contribution in [2.75, 3.05) is 25.5 Å². The number of nitrogens with one attached hydrogen (secondary N) is 1. The van der Waals surface area contributed by atoms with E-state index in [1.54, 1.807) is 4.68 Å². The number of anilines is 1. The Labute approximate surface area is 114 Å². The first kappa shape index (κ1) is 15.7. The molecule has 19 heavy (non-hydrogen) atoms. The van der Waals surface area contributed by atoms with Gasteiger partial charge in [0.2, 0.25) is 5.91 Å². The number of amides is 1. The Bertz CT molecular complexity index is 465. The Morgan fingerprint density at radius 3 is 2.47 bits per heavy atom. The van der Waals surface area contributed by atoms with Gasteiger partial charge in [-0.15, -0.1) is 0 Å². The first-order chi connectivity index (χ1) is 8.69. The molecule has 1 rings (SSSR count). The van der Waals surface area contributed by atoms with Crippen molar-refractivity contribution in [2.45, 2.75) is 33.2 Å². The van der Waals surface area contributed by atoms with Crippen molar-refractivity contribution in [2.24, 2.45) is 7.05 Å². The summed E-state index contributed by atoms with van der Waals surface area (Å²) in [5.41, 5.74) is 2.08. The average molecular weight is 268 g/mol. The molecule has 6 heteroatoms. The number of hydrogen-bond acceptors (Lipinski definition) is 4. The predicted octanol–water partition coefficient (Wildman–Crippen LogP) is 0.678. The third-order valence-electron chi connectivity index (χ3n) is 3.57. The number of aliphatic hydroxyl groups is 1. The summed E-state index contributed by atoms with van der Waals surface area (Å²) in [6.45, 7) is 7.78. The molecule has 0 saturated carbocycles. The summed E-state index contributed by atoms with van der Waals surface area (Å²) in [7, 11) is 3.66. The number of hydrogen-bond donors (Lipinski definition) is 2. The van der Waals surface area contributed by atoms with E-state index in [4.69, 9.17) is 0 Å². The van der Waals surface area contributed by atoms with E-state index in [2.05, 4.69) is 10.4 Å². The van der Waals surface area contributed by atoms with Crippen LogP contribution in [0.3, 0.4) is 0 Å². The van der Waals surface area contributed by atoms with Gasteiger partial charge in [0.1, 0.15) is 0 Å². The van der Waals surface area contributed by atoms with Crippen LogP contribution in [0, 0.1) is 13.8 Å². The Balaban J connectivity index is 2.71. The van der Waals surface area contributed by atoms with Gasteiger partial charge in [-0.25, -0.2) is 0 Å². The molecular formula is C13H24N4O2. The van der Waals surface area contributed by atoms with Gasteiger partial charge in [0.15, 0.2) is 0 Å². The van der Waals surface area contributed by atoms with E-state index >= 15 is 0 Å². The zero-order chi connectivity index (χ0) is 14.8. The molecule has 1 aromatic rings. The molecule has 0 spiro atoms. The predicted molar refractivity (Wildman–Crippen MR) is 75.1 cm³/mol. The lowest BCUT2D eigenvalue weighted by Gasteiger charge is -2.33. The zero-order valence-electron chi connectivity index (χ0n) is 12.6. The van der Waals surface area contributed by atoms with Crippen LogP contribution in [0.1, 0.15) is 25.2 Å². The molecule has 6 nitrogen and oxygen atoms in total. The Hall–Kier alpha value is -1.40. The SMILES string of the molecule is Cc1nn(C)c(C)c1NC(=O)CN(C)C(C)(C)CO. The number of aliphatic hydroxyl groups excluding tert-OH is 1. The van der Waals surface area contributed by atoms with Gasteiger partial charge in [-0.3, -0.25) is 14.4 Å². The van der Waals surface area contributed by atoms with Crippen LogP contribution < -0.4 is 5.32 Å². The number of carbonyl (C=O) groups is 1. The second-order valence-electron chi connectivity index (χ2n) is 5.54. The molecule has 0 bridgehead atoms. The minimum Gasteiger partial charge on any atom is -0.394 e. The smallest absolute Gasteiger partial charge is 0.238 e. The second-order valence-corrected chi connectivity index (χ2v) is 5.54. The first-order valence-corrected chi connectivity index (χ1v) is 6.31. The van der Waals surface area contributed by atoms with Crippen molar-refractivity contribution in [3.63, 3.8) is 0 Å². The van der Waals surface area contributed by atoms with Gasteiger partial charge in [-0.2, -0.15) is 5.10 Å². The van der Waals surface area contributed by atoms with Gasteiger partial charge >= 0.3 is 0 Å². The third-order valence-corrected chi connectivity index (χ3v) is 3.57. The molecule has 0 fully saturated rings. The highest BCUT2D eigenvalue weighted by atomic mass is 16.3. The van der Waals surface area contributed by atoms with Gasteiger partial charge in [-0.1, -0.05) is 0 Å². The van der Waals surface area contributed by atoms with Gasteiger partial charge < -0.3 is 10.4 Å². The molecule has 1 amide bonds. The molecule has 1 aromatic heterocycles. The molecule has 0 unspecified atom stereocenters. The molecule has 0 radical (unpaired) electrons. The fourth-order valence-corrected chi connectivity index (χ4v) is 1.68. The molecule has 1 heterocycles. The molecule has 0 aliphatic rings. The molecule has 108 valence electrons. The van der Waals surface area contributed by atoms with Gasteiger partial charge in [-0.05, 0) is 34.7 Å². The molecule has 0 aliphatic heterocycles. The lowest BCUT2D eigenvalue weighted by molar-refractivity contribution is -0.118. The van der Waals surface area contributed by atoms with Crippen molar-refractivity contribution in [1.82, 2.24) is 14.7 Å². The fraction of sp³-hybridized carbons (Fsp3) is 0.692. The van der Waals surface area contributed by atoms with Crippen LogP contribution >= 0.6 is 0 Å². The summed E-state index contributed by atoms with van der Waals surface area (Å²) in [6, 6.07) is 0. The van der Waals surface area contributed by atoms with Gasteiger partial charge in [0.25, 0.3) is 0 Å². The molecule has 0 saturated heterocycles. The van der Waals surface area contributed by atoms with E-state index in [0.29, 0.717) is 0 Å². The minimum atomic E-state index is -0.420. The van der Waals surface area contributed by atoms with E-state index in [9.17, 15) is 9.90 Å². The van der Waals surface area contributed by atoms with Crippen LogP contribution in [0.2, 0.25) is 0 Å². The summed E-state index contributed by atoms with van der Waals surface area (Å²) in [5.74, 6) is -0.108. The van der Waals surface area contributed by atoms with Crippen LogP contribution in [-0.4, -0.2) is 51.4 Å². The summed E-state index contributed by atoms with van der Waals surface area (Å²) in [5, 5.41) is 16.4. The van der Waals surface area contributed by atoms with Gasteiger partial charge in [0.05, 0.1) is 30.2 Å². The lowest BCUT2D eigenvalue weighted by Crippen LogP contribution is -2.47. The number of aryl methyl sites for hydroxylation is 2. The van der Waals surface area contributed by atoms with Crippen LogP contribution in [-0.2, 0) is 11.8 Å². The Kier molecular flexibility index (Phi) is 4.70. The number of aromatic nitrogens is 2. The topological polar surface area (TPSA) is 70.4 Å². The number of rotatable bonds is 5. The van der Waals surface area contributed by atoms with Crippen LogP contribution in [0.5, 0.6) is 0 Å². The highest BCUT2D eigenvalue weighted by Crippen LogP contribution is 2.18. The Morgan fingerprint density at radius 2 is 2.05 bits per heavy atom. The largest absolute Gasteiger partial charge is 0.394 e. The van der Waals surface area contributed by atoms with Crippen LogP contribution in [0.15, 0.2) is 0 Å². The molecule has 2 N–H and O–H groups in total. The minimum absolute atomic E-state index is 0.00171. The van der Waals surface area contributed by atoms with E-state index in [1.807, 2.05) is 46.7 Å². The second kappa shape index (κ2) is 5.71. The van der Waals surface area contributed by atoms with Crippen molar-refractivity contribution >= 4 is 11.6 Å². The highest BCUT2D eigenvalue weighted by molar-refractivity contribution is 5.93. The number of likely N-dealkylation sites (N-methyl/N-ethyl adjacent to an activating group) is 1.